The van der Waals surface area contributed by atoms with Crippen LogP contribution in [0.5, 0.6) is 5.75 Å². The van der Waals surface area contributed by atoms with Crippen LogP contribution in [-0.4, -0.2) is 6.10 Å². The fourth-order valence-electron chi connectivity index (χ4n) is 2.20. The van der Waals surface area contributed by atoms with E-state index in [-0.39, 0.29) is 6.10 Å². The van der Waals surface area contributed by atoms with Crippen LogP contribution in [-0.2, 0) is 13.0 Å². The first-order chi connectivity index (χ1) is 9.69. The number of anilines is 1. The summed E-state index contributed by atoms with van der Waals surface area (Å²) < 4.78 is 5.72. The van der Waals surface area contributed by atoms with Gasteiger partial charge in [-0.05, 0) is 49.6 Å². The first-order valence-electron chi connectivity index (χ1n) is 7.26. The zero-order valence-corrected chi connectivity index (χ0v) is 12.5. The topological polar surface area (TPSA) is 21.3 Å². The number of hydrogen-bond acceptors (Lipinski definition) is 2. The Morgan fingerprint density at radius 2 is 1.85 bits per heavy atom. The largest absolute Gasteiger partial charge is 0.491 e. The van der Waals surface area contributed by atoms with Gasteiger partial charge in [0.05, 0.1) is 6.10 Å². The summed E-state index contributed by atoms with van der Waals surface area (Å²) in [6, 6.07) is 16.7. The van der Waals surface area contributed by atoms with Gasteiger partial charge in [-0.15, -0.1) is 0 Å². The minimum Gasteiger partial charge on any atom is -0.491 e. The molecule has 0 atom stereocenters. The van der Waals surface area contributed by atoms with Crippen molar-refractivity contribution in [1.29, 1.82) is 0 Å². The number of aryl methyl sites for hydroxylation is 1. The predicted octanol–water partition coefficient (Wildman–Crippen LogP) is 4.65. The first kappa shape index (κ1) is 14.4. The minimum atomic E-state index is 0.207. The quantitative estimate of drug-likeness (QED) is 0.824. The molecule has 2 heteroatoms. The monoisotopic (exact) mass is 269 g/mol. The maximum atomic E-state index is 5.72. The maximum absolute atomic E-state index is 5.72. The van der Waals surface area contributed by atoms with Crippen LogP contribution in [0.2, 0.25) is 0 Å². The number of ether oxygens (including phenoxy) is 1. The summed E-state index contributed by atoms with van der Waals surface area (Å²) in [4.78, 5) is 0. The second-order valence-electron chi connectivity index (χ2n) is 5.18. The lowest BCUT2D eigenvalue weighted by molar-refractivity contribution is 0.242. The van der Waals surface area contributed by atoms with Gasteiger partial charge in [-0.3, -0.25) is 0 Å². The molecule has 0 spiro atoms. The van der Waals surface area contributed by atoms with Crippen LogP contribution in [0.15, 0.2) is 48.5 Å². The van der Waals surface area contributed by atoms with Crippen LogP contribution >= 0.6 is 0 Å². The average Bonchev–Trinajstić information content (AvgIpc) is 2.45. The smallest absolute Gasteiger partial charge is 0.120 e. The van der Waals surface area contributed by atoms with E-state index in [2.05, 4.69) is 48.6 Å². The summed E-state index contributed by atoms with van der Waals surface area (Å²) in [5, 5.41) is 3.51. The summed E-state index contributed by atoms with van der Waals surface area (Å²) >= 11 is 0. The lowest BCUT2D eigenvalue weighted by Crippen LogP contribution is -2.06. The van der Waals surface area contributed by atoms with Gasteiger partial charge < -0.3 is 10.1 Å². The number of hydrogen-bond donors (Lipinski definition) is 1. The van der Waals surface area contributed by atoms with Crippen LogP contribution in [0.1, 0.15) is 31.9 Å². The number of benzene rings is 2. The molecule has 0 amide bonds. The minimum absolute atomic E-state index is 0.207. The molecule has 0 aliphatic carbocycles. The lowest BCUT2D eigenvalue weighted by atomic mass is 10.1. The van der Waals surface area contributed by atoms with Crippen molar-refractivity contribution in [2.24, 2.45) is 0 Å². The summed E-state index contributed by atoms with van der Waals surface area (Å²) in [6.07, 6.45) is 1.25. The second-order valence-corrected chi connectivity index (χ2v) is 5.18. The zero-order chi connectivity index (χ0) is 14.4. The van der Waals surface area contributed by atoms with Gasteiger partial charge in [-0.2, -0.15) is 0 Å². The van der Waals surface area contributed by atoms with Crippen molar-refractivity contribution in [2.45, 2.75) is 39.8 Å². The van der Waals surface area contributed by atoms with Crippen molar-refractivity contribution >= 4 is 5.69 Å². The summed E-state index contributed by atoms with van der Waals surface area (Å²) in [5.74, 6) is 0.933. The first-order valence-corrected chi connectivity index (χ1v) is 7.26. The molecule has 2 aromatic carbocycles. The third-order valence-corrected chi connectivity index (χ3v) is 3.15. The van der Waals surface area contributed by atoms with Gasteiger partial charge in [-0.25, -0.2) is 0 Å². The normalized spacial score (nSPS) is 10.6. The van der Waals surface area contributed by atoms with E-state index in [4.69, 9.17) is 4.74 Å². The Labute approximate surface area is 121 Å². The van der Waals surface area contributed by atoms with Gasteiger partial charge in [0, 0.05) is 12.2 Å². The summed E-state index contributed by atoms with van der Waals surface area (Å²) in [5.41, 5.74) is 3.79. The van der Waals surface area contributed by atoms with Crippen LogP contribution in [0.25, 0.3) is 0 Å². The van der Waals surface area contributed by atoms with Crippen LogP contribution in [0.4, 0.5) is 5.69 Å². The molecule has 2 rings (SSSR count). The summed E-state index contributed by atoms with van der Waals surface area (Å²) in [6.45, 7) is 7.08. The molecule has 1 N–H and O–H groups in total. The Balaban J connectivity index is 2.03. The molecule has 0 bridgehead atoms. The van der Waals surface area contributed by atoms with Gasteiger partial charge >= 0.3 is 0 Å². The number of nitrogens with one attached hydrogen (secondary N) is 1. The highest BCUT2D eigenvalue weighted by molar-refractivity contribution is 5.51. The Morgan fingerprint density at radius 1 is 1.05 bits per heavy atom. The van der Waals surface area contributed by atoms with E-state index < -0.39 is 0 Å². The van der Waals surface area contributed by atoms with Crippen molar-refractivity contribution in [3.05, 3.63) is 59.7 Å². The molecule has 0 aliphatic heterocycles. The van der Waals surface area contributed by atoms with Crippen LogP contribution in [0.3, 0.4) is 0 Å². The van der Waals surface area contributed by atoms with Crippen molar-refractivity contribution in [3.63, 3.8) is 0 Å². The molecule has 2 nitrogen and oxygen atoms in total. The van der Waals surface area contributed by atoms with Gasteiger partial charge in [-0.1, -0.05) is 37.3 Å². The van der Waals surface area contributed by atoms with E-state index in [9.17, 15) is 0 Å². The fraction of sp³-hybridized carbons (Fsp3) is 0.333. The molecule has 0 radical (unpaired) electrons. The molecule has 0 aromatic heterocycles. The third-order valence-electron chi connectivity index (χ3n) is 3.15. The molecule has 0 heterocycles. The Hall–Kier alpha value is -1.96. The van der Waals surface area contributed by atoms with Crippen LogP contribution < -0.4 is 10.1 Å². The Morgan fingerprint density at radius 3 is 2.60 bits per heavy atom. The SMILES string of the molecule is CCc1ccccc1NCc1cccc(OC(C)C)c1. The molecule has 106 valence electrons. The number of rotatable bonds is 6. The van der Waals surface area contributed by atoms with Gasteiger partial charge in [0.25, 0.3) is 0 Å². The molecular weight excluding hydrogens is 246 g/mol. The number of para-hydroxylation sites is 1. The van der Waals surface area contributed by atoms with Crippen molar-refractivity contribution in [1.82, 2.24) is 0 Å². The molecular formula is C18H23NO. The van der Waals surface area contributed by atoms with E-state index in [0.717, 1.165) is 18.7 Å². The van der Waals surface area contributed by atoms with Crippen molar-refractivity contribution in [2.75, 3.05) is 5.32 Å². The van der Waals surface area contributed by atoms with E-state index in [1.54, 1.807) is 0 Å². The van der Waals surface area contributed by atoms with Gasteiger partial charge in [0.2, 0.25) is 0 Å². The van der Waals surface area contributed by atoms with E-state index in [1.165, 1.54) is 16.8 Å². The molecule has 0 saturated heterocycles. The van der Waals surface area contributed by atoms with Gasteiger partial charge in [0.15, 0.2) is 0 Å². The molecule has 0 aliphatic rings. The highest BCUT2D eigenvalue weighted by Crippen LogP contribution is 2.19. The maximum Gasteiger partial charge on any atom is 0.120 e. The van der Waals surface area contributed by atoms with Gasteiger partial charge in [0.1, 0.15) is 5.75 Å². The van der Waals surface area contributed by atoms with Crippen LogP contribution in [0, 0.1) is 0 Å². The molecule has 0 fully saturated rings. The molecule has 0 unspecified atom stereocenters. The zero-order valence-electron chi connectivity index (χ0n) is 12.5. The second kappa shape index (κ2) is 6.99. The van der Waals surface area contributed by atoms with Crippen molar-refractivity contribution in [3.8, 4) is 5.75 Å². The average molecular weight is 269 g/mol. The third kappa shape index (κ3) is 4.02. The Kier molecular flexibility index (Phi) is 5.05. The lowest BCUT2D eigenvalue weighted by Gasteiger charge is -2.13. The standard InChI is InChI=1S/C18H23NO/c1-4-16-9-5-6-11-18(16)19-13-15-8-7-10-17(12-15)20-14(2)3/h5-12,14,19H,4,13H2,1-3H3. The highest BCUT2D eigenvalue weighted by Gasteiger charge is 2.02. The van der Waals surface area contributed by atoms with Crippen molar-refractivity contribution < 1.29 is 4.74 Å². The van der Waals surface area contributed by atoms with E-state index in [0.29, 0.717) is 0 Å². The molecule has 20 heavy (non-hydrogen) atoms. The fourth-order valence-corrected chi connectivity index (χ4v) is 2.20. The molecule has 2 aromatic rings. The summed E-state index contributed by atoms with van der Waals surface area (Å²) in [7, 11) is 0. The molecule has 0 saturated carbocycles. The Bertz CT molecular complexity index is 549. The van der Waals surface area contributed by atoms with E-state index in [1.807, 2.05) is 26.0 Å². The highest BCUT2D eigenvalue weighted by atomic mass is 16.5. The predicted molar refractivity (Wildman–Crippen MR) is 85.4 cm³/mol. The van der Waals surface area contributed by atoms with E-state index >= 15 is 0 Å².